The van der Waals surface area contributed by atoms with Gasteiger partial charge in [0.2, 0.25) is 0 Å². The Morgan fingerprint density at radius 3 is 2.38 bits per heavy atom. The molecule has 3 heteroatoms. The maximum atomic E-state index is 4.26. The van der Waals surface area contributed by atoms with Crippen LogP contribution >= 0.6 is 12.6 Å². The first-order valence-corrected chi connectivity index (χ1v) is 5.83. The molecule has 0 aromatic carbocycles. The Kier molecular flexibility index (Phi) is 5.14. The van der Waals surface area contributed by atoms with Crippen LogP contribution in [0, 0.1) is 5.92 Å². The van der Waals surface area contributed by atoms with Gasteiger partial charge in [-0.05, 0) is 45.9 Å². The highest BCUT2D eigenvalue weighted by molar-refractivity contribution is 7.80. The van der Waals surface area contributed by atoms with Crippen molar-refractivity contribution in [3.63, 3.8) is 0 Å². The molecule has 0 aromatic rings. The molecule has 0 amide bonds. The van der Waals surface area contributed by atoms with Gasteiger partial charge in [0.05, 0.1) is 0 Å². The van der Waals surface area contributed by atoms with E-state index in [1.807, 2.05) is 0 Å². The summed E-state index contributed by atoms with van der Waals surface area (Å²) in [5.41, 5.74) is 0. The lowest BCUT2D eigenvalue weighted by Gasteiger charge is -2.32. The van der Waals surface area contributed by atoms with Crippen molar-refractivity contribution in [3.8, 4) is 0 Å². The van der Waals surface area contributed by atoms with Gasteiger partial charge in [-0.25, -0.2) is 0 Å². The average molecular weight is 202 g/mol. The van der Waals surface area contributed by atoms with Crippen molar-refractivity contribution in [2.75, 3.05) is 46.0 Å². The maximum absolute atomic E-state index is 4.26. The fourth-order valence-corrected chi connectivity index (χ4v) is 2.33. The molecule has 1 fully saturated rings. The lowest BCUT2D eigenvalue weighted by atomic mass is 9.96. The fourth-order valence-electron chi connectivity index (χ4n) is 2.05. The molecular weight excluding hydrogens is 180 g/mol. The van der Waals surface area contributed by atoms with Crippen LogP contribution in [0.5, 0.6) is 0 Å². The van der Waals surface area contributed by atoms with Gasteiger partial charge in [-0.3, -0.25) is 0 Å². The Morgan fingerprint density at radius 1 is 1.31 bits per heavy atom. The summed E-state index contributed by atoms with van der Waals surface area (Å²) in [6, 6.07) is 0. The average Bonchev–Trinajstić information content (AvgIpc) is 2.08. The largest absolute Gasteiger partial charge is 0.309 e. The van der Waals surface area contributed by atoms with Crippen LogP contribution in [0.4, 0.5) is 0 Å². The van der Waals surface area contributed by atoms with Crippen LogP contribution in [0.2, 0.25) is 0 Å². The van der Waals surface area contributed by atoms with E-state index in [1.54, 1.807) is 0 Å². The van der Waals surface area contributed by atoms with Gasteiger partial charge >= 0.3 is 0 Å². The van der Waals surface area contributed by atoms with E-state index in [0.29, 0.717) is 0 Å². The summed E-state index contributed by atoms with van der Waals surface area (Å²) in [7, 11) is 4.33. The molecule has 0 aromatic heterocycles. The molecule has 0 radical (unpaired) electrons. The second-order valence-corrected chi connectivity index (χ2v) is 4.72. The number of hydrogen-bond acceptors (Lipinski definition) is 3. The molecule has 0 N–H and O–H groups in total. The Morgan fingerprint density at radius 2 is 1.92 bits per heavy atom. The lowest BCUT2D eigenvalue weighted by molar-refractivity contribution is 0.170. The summed E-state index contributed by atoms with van der Waals surface area (Å²) in [6.07, 6.45) is 2.73. The van der Waals surface area contributed by atoms with Gasteiger partial charge in [0.1, 0.15) is 0 Å². The van der Waals surface area contributed by atoms with Gasteiger partial charge < -0.3 is 9.80 Å². The van der Waals surface area contributed by atoms with E-state index in [0.717, 1.165) is 18.2 Å². The topological polar surface area (TPSA) is 6.48 Å². The summed E-state index contributed by atoms with van der Waals surface area (Å²) in [5, 5.41) is 0. The predicted octanol–water partition coefficient (Wildman–Crippen LogP) is 1.19. The standard InChI is InChI=1S/C10H22N2S/c1-11(2)9-10-3-5-12(6-4-10)7-8-13/h10,13H,3-9H2,1-2H3. The Hall–Kier alpha value is 0.270. The summed E-state index contributed by atoms with van der Waals surface area (Å²) in [5.74, 6) is 1.92. The minimum absolute atomic E-state index is 0.922. The Balaban J connectivity index is 2.15. The SMILES string of the molecule is CN(C)CC1CCN(CCS)CC1. The molecule has 0 atom stereocenters. The molecule has 0 bridgehead atoms. The van der Waals surface area contributed by atoms with Gasteiger partial charge in [-0.15, -0.1) is 0 Å². The van der Waals surface area contributed by atoms with Crippen LogP contribution in [0.3, 0.4) is 0 Å². The smallest absolute Gasteiger partial charge is 0.00698 e. The summed E-state index contributed by atoms with van der Waals surface area (Å²) in [4.78, 5) is 4.83. The van der Waals surface area contributed by atoms with Crippen molar-refractivity contribution in [3.05, 3.63) is 0 Å². The third-order valence-corrected chi connectivity index (χ3v) is 2.95. The van der Waals surface area contributed by atoms with Crippen LogP contribution in [-0.4, -0.2) is 55.8 Å². The predicted molar refractivity (Wildman–Crippen MR) is 61.6 cm³/mol. The highest BCUT2D eigenvalue weighted by atomic mass is 32.1. The van der Waals surface area contributed by atoms with E-state index in [9.17, 15) is 0 Å². The van der Waals surface area contributed by atoms with Crippen molar-refractivity contribution in [2.24, 2.45) is 5.92 Å². The molecule has 0 spiro atoms. The molecule has 1 saturated heterocycles. The van der Waals surface area contributed by atoms with Crippen LogP contribution in [0.1, 0.15) is 12.8 Å². The first kappa shape index (κ1) is 11.3. The molecule has 0 saturated carbocycles. The molecule has 2 nitrogen and oxygen atoms in total. The molecule has 0 unspecified atom stereocenters. The molecule has 1 heterocycles. The number of thiol groups is 1. The van der Waals surface area contributed by atoms with E-state index in [4.69, 9.17) is 0 Å². The van der Waals surface area contributed by atoms with Crippen LogP contribution < -0.4 is 0 Å². The second kappa shape index (κ2) is 5.89. The summed E-state index contributed by atoms with van der Waals surface area (Å²) >= 11 is 4.26. The van der Waals surface area contributed by atoms with E-state index >= 15 is 0 Å². The molecule has 1 aliphatic rings. The third-order valence-electron chi connectivity index (χ3n) is 2.75. The molecular formula is C10H22N2S. The van der Waals surface area contributed by atoms with Gasteiger partial charge in [0, 0.05) is 18.8 Å². The quantitative estimate of drug-likeness (QED) is 0.684. The summed E-state index contributed by atoms with van der Waals surface area (Å²) in [6.45, 7) is 4.98. The van der Waals surface area contributed by atoms with Crippen molar-refractivity contribution in [2.45, 2.75) is 12.8 Å². The molecule has 1 aliphatic heterocycles. The van der Waals surface area contributed by atoms with Crippen molar-refractivity contribution < 1.29 is 0 Å². The zero-order valence-corrected chi connectivity index (χ0v) is 9.76. The highest BCUT2D eigenvalue weighted by Crippen LogP contribution is 2.17. The van der Waals surface area contributed by atoms with Crippen LogP contribution in [0.25, 0.3) is 0 Å². The zero-order valence-electron chi connectivity index (χ0n) is 8.87. The monoisotopic (exact) mass is 202 g/mol. The minimum atomic E-state index is 0.922. The molecule has 0 aliphatic carbocycles. The number of nitrogens with zero attached hydrogens (tertiary/aromatic N) is 2. The third kappa shape index (κ3) is 4.34. The number of likely N-dealkylation sites (tertiary alicyclic amines) is 1. The van der Waals surface area contributed by atoms with Gasteiger partial charge in [0.25, 0.3) is 0 Å². The zero-order chi connectivity index (χ0) is 9.68. The Labute approximate surface area is 87.7 Å². The van der Waals surface area contributed by atoms with Crippen LogP contribution in [0.15, 0.2) is 0 Å². The number of piperidine rings is 1. The van der Waals surface area contributed by atoms with Crippen molar-refractivity contribution in [1.82, 2.24) is 9.80 Å². The molecule has 13 heavy (non-hydrogen) atoms. The van der Waals surface area contributed by atoms with Crippen molar-refractivity contribution in [1.29, 1.82) is 0 Å². The normalized spacial score (nSPS) is 21.2. The van der Waals surface area contributed by atoms with Crippen LogP contribution in [-0.2, 0) is 0 Å². The van der Waals surface area contributed by atoms with E-state index in [2.05, 4.69) is 36.5 Å². The van der Waals surface area contributed by atoms with Gasteiger partial charge in [-0.2, -0.15) is 12.6 Å². The Bertz CT molecular complexity index is 131. The molecule has 1 rings (SSSR count). The first-order chi connectivity index (χ1) is 6.22. The number of hydrogen-bond donors (Lipinski definition) is 1. The number of rotatable bonds is 4. The minimum Gasteiger partial charge on any atom is -0.309 e. The van der Waals surface area contributed by atoms with E-state index < -0.39 is 0 Å². The highest BCUT2D eigenvalue weighted by Gasteiger charge is 2.18. The fraction of sp³-hybridized carbons (Fsp3) is 1.00. The first-order valence-electron chi connectivity index (χ1n) is 5.20. The van der Waals surface area contributed by atoms with E-state index in [-0.39, 0.29) is 0 Å². The summed E-state index contributed by atoms with van der Waals surface area (Å²) < 4.78 is 0. The molecule has 78 valence electrons. The van der Waals surface area contributed by atoms with E-state index in [1.165, 1.54) is 32.5 Å². The van der Waals surface area contributed by atoms with Crippen molar-refractivity contribution >= 4 is 12.6 Å². The lowest BCUT2D eigenvalue weighted by Crippen LogP contribution is -2.37. The van der Waals surface area contributed by atoms with Gasteiger partial charge in [-0.1, -0.05) is 0 Å². The maximum Gasteiger partial charge on any atom is 0.00698 e. The second-order valence-electron chi connectivity index (χ2n) is 4.27. The van der Waals surface area contributed by atoms with Gasteiger partial charge in [0.15, 0.2) is 0 Å².